The highest BCUT2D eigenvalue weighted by molar-refractivity contribution is 6.14. The monoisotopic (exact) mass is 346 g/mol. The van der Waals surface area contributed by atoms with E-state index >= 15 is 0 Å². The molecule has 0 saturated heterocycles. The number of ether oxygens (including phenoxy) is 1. The van der Waals surface area contributed by atoms with Crippen molar-refractivity contribution in [3.05, 3.63) is 23.3 Å². The number of amides is 2. The maximum atomic E-state index is 12.3. The third-order valence-corrected chi connectivity index (χ3v) is 2.90. The number of nitrogens with two attached hydrogens (primary N) is 1. The van der Waals surface area contributed by atoms with Crippen molar-refractivity contribution in [2.75, 3.05) is 11.4 Å². The van der Waals surface area contributed by atoms with E-state index in [1.165, 1.54) is 13.8 Å². The van der Waals surface area contributed by atoms with Gasteiger partial charge in [0.15, 0.2) is 0 Å². The van der Waals surface area contributed by atoms with Crippen LogP contribution in [0.25, 0.3) is 0 Å². The number of urea groups is 1. The molecule has 0 atom stereocenters. The number of anilines is 1. The first-order valence-electron chi connectivity index (χ1n) is 6.81. The van der Waals surface area contributed by atoms with Crippen molar-refractivity contribution in [3.63, 3.8) is 0 Å². The Hall–Kier alpha value is -2.78. The lowest BCUT2D eigenvalue weighted by molar-refractivity contribution is -0.189. The number of nitrogens with zero attached hydrogens (tertiary/aromatic N) is 1. The van der Waals surface area contributed by atoms with E-state index in [2.05, 4.69) is 10.1 Å². The number of hydrogen-bond donors (Lipinski definition) is 3. The Morgan fingerprint density at radius 3 is 2.17 bits per heavy atom. The molecule has 0 saturated carbocycles. The van der Waals surface area contributed by atoms with E-state index in [-0.39, 0.29) is 11.4 Å². The summed E-state index contributed by atoms with van der Waals surface area (Å²) in [6.45, 7) is 4.95. The first-order chi connectivity index (χ1) is 11.0. The minimum atomic E-state index is -5.12. The van der Waals surface area contributed by atoms with E-state index in [1.54, 1.807) is 6.92 Å². The zero-order chi connectivity index (χ0) is 18.7. The van der Waals surface area contributed by atoms with Gasteiger partial charge in [-0.3, -0.25) is 5.41 Å². The van der Waals surface area contributed by atoms with E-state index in [0.717, 1.165) is 17.0 Å². The van der Waals surface area contributed by atoms with Gasteiger partial charge in [-0.05, 0) is 44.0 Å². The van der Waals surface area contributed by atoms with Gasteiger partial charge >= 0.3 is 18.2 Å². The van der Waals surface area contributed by atoms with Crippen LogP contribution in [0.1, 0.15) is 18.1 Å². The van der Waals surface area contributed by atoms with Gasteiger partial charge in [0, 0.05) is 6.54 Å². The Morgan fingerprint density at radius 1 is 1.29 bits per heavy atom. The van der Waals surface area contributed by atoms with Crippen molar-refractivity contribution in [3.8, 4) is 5.75 Å². The summed E-state index contributed by atoms with van der Waals surface area (Å²) in [4.78, 5) is 23.8. The Bertz CT molecular complexity index is 651. The third kappa shape index (κ3) is 4.37. The zero-order valence-electron chi connectivity index (χ0n) is 13.2. The summed E-state index contributed by atoms with van der Waals surface area (Å²) in [5, 5.41) is 10.0. The molecule has 24 heavy (non-hydrogen) atoms. The van der Waals surface area contributed by atoms with Crippen LogP contribution in [0.15, 0.2) is 12.1 Å². The van der Waals surface area contributed by atoms with Gasteiger partial charge < -0.3 is 15.8 Å². The fourth-order valence-electron chi connectivity index (χ4n) is 2.05. The number of benzene rings is 1. The van der Waals surface area contributed by atoms with Gasteiger partial charge in [-0.15, -0.1) is 0 Å². The van der Waals surface area contributed by atoms with E-state index in [4.69, 9.17) is 11.1 Å². The summed E-state index contributed by atoms with van der Waals surface area (Å²) in [7, 11) is 0. The Kier molecular flexibility index (Phi) is 5.78. The molecule has 2 amide bonds. The molecule has 10 heteroatoms. The summed E-state index contributed by atoms with van der Waals surface area (Å²) in [5.74, 6) is -3.23. The lowest BCUT2D eigenvalue weighted by Gasteiger charge is -2.25. The molecule has 1 aromatic rings. The topological polar surface area (TPSA) is 109 Å². The number of halogens is 3. The number of carbonyl (C=O) groups excluding carboxylic acids is 2. The highest BCUT2D eigenvalue weighted by Crippen LogP contribution is 2.30. The number of guanidine groups is 1. The number of nitrogens with one attached hydrogen (secondary N) is 2. The normalized spacial score (nSPS) is 10.9. The van der Waals surface area contributed by atoms with E-state index in [0.29, 0.717) is 17.7 Å². The van der Waals surface area contributed by atoms with Crippen molar-refractivity contribution in [2.24, 2.45) is 5.73 Å². The maximum absolute atomic E-state index is 12.3. The predicted octanol–water partition coefficient (Wildman–Crippen LogP) is 2.20. The minimum Gasteiger partial charge on any atom is -0.420 e. The molecule has 4 N–H and O–H groups in total. The number of aryl methyl sites for hydroxylation is 2. The smallest absolute Gasteiger partial charge is 0.420 e. The summed E-state index contributed by atoms with van der Waals surface area (Å²) < 4.78 is 41.1. The summed E-state index contributed by atoms with van der Waals surface area (Å²) >= 11 is 0. The lowest BCUT2D eigenvalue weighted by Crippen LogP contribution is -2.47. The van der Waals surface area contributed by atoms with Gasteiger partial charge in [0.25, 0.3) is 0 Å². The van der Waals surface area contributed by atoms with Gasteiger partial charge in [0.1, 0.15) is 5.75 Å². The molecule has 0 aliphatic rings. The molecule has 0 aliphatic carbocycles. The average Bonchev–Trinajstić information content (AvgIpc) is 2.41. The van der Waals surface area contributed by atoms with Crippen LogP contribution in [0.4, 0.5) is 23.7 Å². The zero-order valence-corrected chi connectivity index (χ0v) is 13.2. The van der Waals surface area contributed by atoms with Crippen molar-refractivity contribution in [2.45, 2.75) is 26.9 Å². The molecular formula is C14H17F3N4O3. The Balaban J connectivity index is 3.26. The van der Waals surface area contributed by atoms with Crippen molar-refractivity contribution >= 4 is 23.6 Å². The van der Waals surface area contributed by atoms with Crippen molar-refractivity contribution in [1.29, 1.82) is 5.41 Å². The van der Waals surface area contributed by atoms with Crippen LogP contribution in [-0.4, -0.2) is 30.7 Å². The second kappa shape index (κ2) is 7.20. The molecule has 0 radical (unpaired) electrons. The SMILES string of the molecule is CCNC(=O)N(C(=N)N)c1c(C)cc(OC(=O)C(F)(F)F)cc1C. The second-order valence-corrected chi connectivity index (χ2v) is 4.85. The van der Waals surface area contributed by atoms with Gasteiger partial charge in [0.05, 0.1) is 5.69 Å². The highest BCUT2D eigenvalue weighted by atomic mass is 19.4. The van der Waals surface area contributed by atoms with Gasteiger partial charge in [0.2, 0.25) is 5.96 Å². The van der Waals surface area contributed by atoms with E-state index < -0.39 is 24.1 Å². The molecule has 1 rings (SSSR count). The van der Waals surface area contributed by atoms with Crippen LogP contribution in [0.2, 0.25) is 0 Å². The molecule has 0 aromatic heterocycles. The average molecular weight is 346 g/mol. The summed E-state index contributed by atoms with van der Waals surface area (Å²) in [6, 6.07) is 1.65. The molecular weight excluding hydrogens is 329 g/mol. The first-order valence-corrected chi connectivity index (χ1v) is 6.81. The van der Waals surface area contributed by atoms with Crippen LogP contribution < -0.4 is 20.7 Å². The summed E-state index contributed by atoms with van der Waals surface area (Å²) in [5.41, 5.74) is 6.26. The van der Waals surface area contributed by atoms with Gasteiger partial charge in [-0.2, -0.15) is 13.2 Å². The molecule has 0 fully saturated rings. The second-order valence-electron chi connectivity index (χ2n) is 4.85. The molecule has 0 unspecified atom stereocenters. The minimum absolute atomic E-state index is 0.222. The van der Waals surface area contributed by atoms with Crippen LogP contribution in [0, 0.1) is 19.3 Å². The number of carbonyl (C=O) groups is 2. The van der Waals surface area contributed by atoms with Crippen LogP contribution in [-0.2, 0) is 4.79 Å². The Labute approximate surface area is 136 Å². The molecule has 0 bridgehead atoms. The van der Waals surface area contributed by atoms with Crippen molar-refractivity contribution in [1.82, 2.24) is 5.32 Å². The molecule has 0 spiro atoms. The third-order valence-electron chi connectivity index (χ3n) is 2.90. The molecule has 1 aromatic carbocycles. The quantitative estimate of drug-likeness (QED) is 0.337. The maximum Gasteiger partial charge on any atom is 0.491 e. The predicted molar refractivity (Wildman–Crippen MR) is 81.1 cm³/mol. The number of alkyl halides is 3. The standard InChI is InChI=1S/C14H17F3N4O3/c1-4-20-13(23)21(12(18)19)10-7(2)5-9(6-8(10)3)24-11(22)14(15,16)17/h5-6H,4H2,1-3H3,(H3,18,19)(H,20,23). The number of hydrogen-bond acceptors (Lipinski definition) is 4. The fraction of sp³-hybridized carbons (Fsp3) is 0.357. The molecule has 7 nitrogen and oxygen atoms in total. The molecule has 0 heterocycles. The van der Waals surface area contributed by atoms with Crippen molar-refractivity contribution < 1.29 is 27.5 Å². The highest BCUT2D eigenvalue weighted by Gasteiger charge is 2.41. The van der Waals surface area contributed by atoms with E-state index in [9.17, 15) is 22.8 Å². The fourth-order valence-corrected chi connectivity index (χ4v) is 2.05. The summed E-state index contributed by atoms with van der Waals surface area (Å²) in [6.07, 6.45) is -5.12. The molecule has 0 aliphatic heterocycles. The van der Waals surface area contributed by atoms with E-state index in [1.807, 2.05) is 0 Å². The first kappa shape index (κ1) is 19.3. The van der Waals surface area contributed by atoms with Crippen LogP contribution in [0.5, 0.6) is 5.75 Å². The van der Waals surface area contributed by atoms with Gasteiger partial charge in [-0.25, -0.2) is 14.5 Å². The number of rotatable bonds is 3. The van der Waals surface area contributed by atoms with Crippen LogP contribution in [0.3, 0.4) is 0 Å². The number of esters is 1. The lowest BCUT2D eigenvalue weighted by atomic mass is 10.1. The largest absolute Gasteiger partial charge is 0.491 e. The Morgan fingerprint density at radius 2 is 1.79 bits per heavy atom. The molecule has 132 valence electrons. The van der Waals surface area contributed by atoms with Gasteiger partial charge in [-0.1, -0.05) is 0 Å². The van der Waals surface area contributed by atoms with Crippen LogP contribution >= 0.6 is 0 Å².